The van der Waals surface area contributed by atoms with Crippen molar-refractivity contribution in [3.05, 3.63) is 52.6 Å². The number of nitrogens with one attached hydrogen (secondary N) is 1. The summed E-state index contributed by atoms with van der Waals surface area (Å²) < 4.78 is 1.67. The van der Waals surface area contributed by atoms with Gasteiger partial charge in [-0.05, 0) is 47.5 Å². The van der Waals surface area contributed by atoms with Gasteiger partial charge in [-0.25, -0.2) is 4.98 Å². The molecule has 0 atom stereocenters. The van der Waals surface area contributed by atoms with Gasteiger partial charge in [0.25, 0.3) is 0 Å². The Morgan fingerprint density at radius 2 is 2.14 bits per heavy atom. The lowest BCUT2D eigenvalue weighted by Crippen LogP contribution is -2.03. The fourth-order valence-electron chi connectivity index (χ4n) is 2.79. The van der Waals surface area contributed by atoms with Crippen LogP contribution < -0.4 is 5.32 Å². The first-order chi connectivity index (χ1) is 10.7. The molecule has 0 fully saturated rings. The number of nitroso groups, excluding NO2 is 1. The molecular weight excluding hydrogens is 280 g/mol. The summed E-state index contributed by atoms with van der Waals surface area (Å²) >= 11 is 0. The van der Waals surface area contributed by atoms with Crippen LogP contribution in [-0.2, 0) is 11.2 Å². The highest BCUT2D eigenvalue weighted by molar-refractivity contribution is 5.99. The minimum atomic E-state index is -0.0217. The van der Waals surface area contributed by atoms with Crippen LogP contribution in [0.1, 0.15) is 11.1 Å². The molecule has 6 nitrogen and oxygen atoms in total. The molecule has 0 saturated heterocycles. The average Bonchev–Trinajstić information content (AvgIpc) is 3.04. The van der Waals surface area contributed by atoms with Crippen LogP contribution in [0.15, 0.2) is 41.7 Å². The van der Waals surface area contributed by atoms with E-state index in [9.17, 15) is 9.70 Å². The van der Waals surface area contributed by atoms with Gasteiger partial charge in [-0.15, -0.1) is 4.91 Å². The van der Waals surface area contributed by atoms with Gasteiger partial charge in [-0.1, -0.05) is 6.07 Å². The second kappa shape index (κ2) is 4.49. The lowest BCUT2D eigenvalue weighted by Gasteiger charge is -2.02. The molecular formula is C16H12N4O2. The number of aryl methyl sites for hydroxylation is 1. The summed E-state index contributed by atoms with van der Waals surface area (Å²) in [5.41, 5.74) is 4.78. The fraction of sp³-hybridized carbons (Fsp3) is 0.125. The molecule has 1 N–H and O–H groups in total. The standard InChI is InChI=1S/C16H12N4O2/c1-9-4-5-20-13(6-9)18-15(16(20)19-22)10-2-3-12-11(7-10)8-14(21)17-12/h2-7H,8H2,1H3,(H,17,21). The topological polar surface area (TPSA) is 75.8 Å². The average molecular weight is 292 g/mol. The molecule has 1 aliphatic heterocycles. The molecule has 2 aromatic heterocycles. The molecule has 0 spiro atoms. The predicted molar refractivity (Wildman–Crippen MR) is 83.2 cm³/mol. The number of aromatic nitrogens is 2. The van der Waals surface area contributed by atoms with E-state index in [0.29, 0.717) is 17.8 Å². The third-order valence-electron chi connectivity index (χ3n) is 3.85. The van der Waals surface area contributed by atoms with Gasteiger partial charge in [0, 0.05) is 17.4 Å². The number of imidazole rings is 1. The van der Waals surface area contributed by atoms with E-state index in [0.717, 1.165) is 22.4 Å². The molecule has 0 bridgehead atoms. The lowest BCUT2D eigenvalue weighted by molar-refractivity contribution is -0.115. The van der Waals surface area contributed by atoms with Crippen LogP contribution in [0.25, 0.3) is 16.9 Å². The van der Waals surface area contributed by atoms with Crippen LogP contribution >= 0.6 is 0 Å². The van der Waals surface area contributed by atoms with Crippen molar-refractivity contribution in [2.24, 2.45) is 5.18 Å². The summed E-state index contributed by atoms with van der Waals surface area (Å²) in [6.07, 6.45) is 2.13. The minimum Gasteiger partial charge on any atom is -0.326 e. The number of amides is 1. The Kier molecular flexibility index (Phi) is 2.59. The minimum absolute atomic E-state index is 0.0217. The number of fused-ring (bicyclic) bond motifs is 2. The first-order valence-corrected chi connectivity index (χ1v) is 6.91. The number of hydrogen-bond acceptors (Lipinski definition) is 4. The molecule has 3 heterocycles. The quantitative estimate of drug-likeness (QED) is 0.737. The SMILES string of the molecule is Cc1ccn2c(N=O)c(-c3ccc4c(c3)CC(=O)N4)nc2c1. The molecule has 0 aliphatic carbocycles. The molecule has 3 aromatic rings. The number of hydrogen-bond donors (Lipinski definition) is 1. The van der Waals surface area contributed by atoms with Gasteiger partial charge >= 0.3 is 0 Å². The van der Waals surface area contributed by atoms with Gasteiger partial charge in [0.1, 0.15) is 11.3 Å². The zero-order chi connectivity index (χ0) is 15.3. The smallest absolute Gasteiger partial charge is 0.228 e. The molecule has 22 heavy (non-hydrogen) atoms. The van der Waals surface area contributed by atoms with Crippen LogP contribution in [0, 0.1) is 11.8 Å². The second-order valence-corrected chi connectivity index (χ2v) is 5.40. The number of anilines is 1. The van der Waals surface area contributed by atoms with Crippen molar-refractivity contribution >= 4 is 23.1 Å². The lowest BCUT2D eigenvalue weighted by atomic mass is 10.1. The summed E-state index contributed by atoms with van der Waals surface area (Å²) in [5, 5.41) is 5.93. The van der Waals surface area contributed by atoms with Gasteiger partial charge in [-0.2, -0.15) is 0 Å². The fourth-order valence-corrected chi connectivity index (χ4v) is 2.79. The molecule has 4 rings (SSSR count). The van der Waals surface area contributed by atoms with E-state index in [1.165, 1.54) is 0 Å². The normalized spacial score (nSPS) is 13.2. The third-order valence-corrected chi connectivity index (χ3v) is 3.85. The maximum absolute atomic E-state index is 11.4. The number of benzene rings is 1. The molecule has 1 amide bonds. The van der Waals surface area contributed by atoms with Crippen molar-refractivity contribution in [3.8, 4) is 11.3 Å². The zero-order valence-electron chi connectivity index (χ0n) is 11.8. The number of carbonyl (C=O) groups excluding carboxylic acids is 1. The van der Waals surface area contributed by atoms with Gasteiger partial charge in [0.05, 0.1) is 6.42 Å². The number of rotatable bonds is 2. The Balaban J connectivity index is 1.93. The Hall–Kier alpha value is -3.02. The highest BCUT2D eigenvalue weighted by Crippen LogP contribution is 2.34. The number of pyridine rings is 1. The van der Waals surface area contributed by atoms with Gasteiger partial charge < -0.3 is 5.32 Å². The van der Waals surface area contributed by atoms with Crippen LogP contribution in [0.4, 0.5) is 11.5 Å². The number of nitrogens with zero attached hydrogens (tertiary/aromatic N) is 3. The highest BCUT2D eigenvalue weighted by Gasteiger charge is 2.20. The zero-order valence-corrected chi connectivity index (χ0v) is 11.8. The molecule has 108 valence electrons. The van der Waals surface area contributed by atoms with E-state index in [4.69, 9.17) is 0 Å². The van der Waals surface area contributed by atoms with E-state index in [1.54, 1.807) is 10.6 Å². The Labute approximate surface area is 125 Å². The van der Waals surface area contributed by atoms with Crippen LogP contribution in [0.5, 0.6) is 0 Å². The molecule has 0 saturated carbocycles. The molecule has 0 unspecified atom stereocenters. The molecule has 0 radical (unpaired) electrons. The summed E-state index contributed by atoms with van der Waals surface area (Å²) in [4.78, 5) is 27.2. The van der Waals surface area contributed by atoms with Crippen molar-refractivity contribution in [1.82, 2.24) is 9.38 Å². The van der Waals surface area contributed by atoms with Crippen molar-refractivity contribution in [1.29, 1.82) is 0 Å². The van der Waals surface area contributed by atoms with Crippen molar-refractivity contribution in [2.45, 2.75) is 13.3 Å². The van der Waals surface area contributed by atoms with E-state index < -0.39 is 0 Å². The van der Waals surface area contributed by atoms with E-state index in [-0.39, 0.29) is 11.7 Å². The maximum Gasteiger partial charge on any atom is 0.228 e. The van der Waals surface area contributed by atoms with Crippen molar-refractivity contribution in [2.75, 3.05) is 5.32 Å². The van der Waals surface area contributed by atoms with Crippen molar-refractivity contribution < 1.29 is 4.79 Å². The Morgan fingerprint density at radius 3 is 2.95 bits per heavy atom. The summed E-state index contributed by atoms with van der Waals surface area (Å²) in [5.74, 6) is 0.249. The third kappa shape index (κ3) is 1.81. The van der Waals surface area contributed by atoms with Crippen LogP contribution in [0.2, 0.25) is 0 Å². The van der Waals surface area contributed by atoms with Gasteiger partial charge in [-0.3, -0.25) is 9.20 Å². The highest BCUT2D eigenvalue weighted by atomic mass is 16.3. The summed E-state index contributed by atoms with van der Waals surface area (Å²) in [7, 11) is 0. The Bertz CT molecular complexity index is 943. The Morgan fingerprint density at radius 1 is 1.27 bits per heavy atom. The van der Waals surface area contributed by atoms with Crippen molar-refractivity contribution in [3.63, 3.8) is 0 Å². The summed E-state index contributed by atoms with van der Waals surface area (Å²) in [6, 6.07) is 9.36. The van der Waals surface area contributed by atoms with E-state index in [2.05, 4.69) is 15.5 Å². The van der Waals surface area contributed by atoms with E-state index >= 15 is 0 Å². The molecule has 1 aliphatic rings. The van der Waals surface area contributed by atoms with Crippen LogP contribution in [0.3, 0.4) is 0 Å². The van der Waals surface area contributed by atoms with E-state index in [1.807, 2.05) is 37.3 Å². The number of carbonyl (C=O) groups is 1. The van der Waals surface area contributed by atoms with Crippen LogP contribution in [-0.4, -0.2) is 15.3 Å². The van der Waals surface area contributed by atoms with Gasteiger partial charge in [0.2, 0.25) is 11.7 Å². The van der Waals surface area contributed by atoms with Gasteiger partial charge in [0.15, 0.2) is 0 Å². The largest absolute Gasteiger partial charge is 0.326 e. The molecule has 6 heteroatoms. The first-order valence-electron chi connectivity index (χ1n) is 6.91. The first kappa shape index (κ1) is 12.7. The monoisotopic (exact) mass is 292 g/mol. The molecule has 1 aromatic carbocycles. The predicted octanol–water partition coefficient (Wildman–Crippen LogP) is 3.20. The maximum atomic E-state index is 11.4. The second-order valence-electron chi connectivity index (χ2n) is 5.40. The summed E-state index contributed by atoms with van der Waals surface area (Å²) in [6.45, 7) is 1.97.